The van der Waals surface area contributed by atoms with Crippen LogP contribution in [0.5, 0.6) is 0 Å². The Bertz CT molecular complexity index is 478. The van der Waals surface area contributed by atoms with Gasteiger partial charge in [-0.2, -0.15) is 0 Å². The second-order valence-electron chi connectivity index (χ2n) is 5.33. The molecule has 0 spiro atoms. The second-order valence-corrected chi connectivity index (χ2v) is 5.33. The predicted molar refractivity (Wildman–Crippen MR) is 70.6 cm³/mol. The number of hydrogen-bond donors (Lipinski definition) is 1. The normalized spacial score (nSPS) is 24.4. The van der Waals surface area contributed by atoms with Crippen LogP contribution in [0.15, 0.2) is 12.1 Å². The zero-order valence-electron chi connectivity index (χ0n) is 11.1. The van der Waals surface area contributed by atoms with Gasteiger partial charge in [-0.3, -0.25) is 9.59 Å². The van der Waals surface area contributed by atoms with Crippen molar-refractivity contribution in [2.75, 3.05) is 0 Å². The molecular formula is C15H19NO2. The van der Waals surface area contributed by atoms with Gasteiger partial charge >= 0.3 is 0 Å². The van der Waals surface area contributed by atoms with E-state index in [1.54, 1.807) is 0 Å². The predicted octanol–water partition coefficient (Wildman–Crippen LogP) is 1.95. The molecule has 2 rings (SSSR count). The molecule has 3 heteroatoms. The van der Waals surface area contributed by atoms with Gasteiger partial charge in [0.05, 0.1) is 0 Å². The third kappa shape index (κ3) is 2.23. The number of aryl methyl sites for hydroxylation is 3. The first-order chi connectivity index (χ1) is 8.40. The molecule has 1 aromatic rings. The first-order valence-corrected chi connectivity index (χ1v) is 6.29. The first kappa shape index (κ1) is 13.0. The van der Waals surface area contributed by atoms with Crippen molar-refractivity contribution >= 4 is 11.6 Å². The lowest BCUT2D eigenvalue weighted by molar-refractivity contribution is -0.132. The van der Waals surface area contributed by atoms with Crippen LogP contribution in [0.1, 0.15) is 41.0 Å². The van der Waals surface area contributed by atoms with Crippen molar-refractivity contribution in [2.45, 2.75) is 45.6 Å². The molecule has 1 fully saturated rings. The van der Waals surface area contributed by atoms with Crippen LogP contribution in [-0.4, -0.2) is 17.6 Å². The highest BCUT2D eigenvalue weighted by Gasteiger charge is 2.34. The molecule has 2 N–H and O–H groups in total. The first-order valence-electron chi connectivity index (χ1n) is 6.29. The SMILES string of the molecule is Cc1cc(C)c(C2CC(=O)C(N)C(=O)C2)c(C)c1. The van der Waals surface area contributed by atoms with Gasteiger partial charge < -0.3 is 5.73 Å². The van der Waals surface area contributed by atoms with Gasteiger partial charge in [0.25, 0.3) is 0 Å². The molecule has 0 unspecified atom stereocenters. The van der Waals surface area contributed by atoms with Gasteiger partial charge in [0.2, 0.25) is 0 Å². The summed E-state index contributed by atoms with van der Waals surface area (Å²) in [5, 5.41) is 0. The maximum absolute atomic E-state index is 11.7. The monoisotopic (exact) mass is 245 g/mol. The zero-order valence-corrected chi connectivity index (χ0v) is 11.1. The van der Waals surface area contributed by atoms with Crippen LogP contribution in [0.4, 0.5) is 0 Å². The molecular weight excluding hydrogens is 226 g/mol. The second kappa shape index (κ2) is 4.65. The highest BCUT2D eigenvalue weighted by molar-refractivity contribution is 6.08. The molecule has 0 atom stereocenters. The number of nitrogens with two attached hydrogens (primary N) is 1. The van der Waals surface area contributed by atoms with E-state index in [1.807, 2.05) is 13.8 Å². The number of carbonyl (C=O) groups is 2. The van der Waals surface area contributed by atoms with Crippen molar-refractivity contribution in [3.8, 4) is 0 Å². The average molecular weight is 245 g/mol. The molecule has 0 amide bonds. The van der Waals surface area contributed by atoms with Crippen molar-refractivity contribution < 1.29 is 9.59 Å². The van der Waals surface area contributed by atoms with Gasteiger partial charge in [0, 0.05) is 12.8 Å². The summed E-state index contributed by atoms with van der Waals surface area (Å²) in [6.07, 6.45) is 0.773. The van der Waals surface area contributed by atoms with Gasteiger partial charge in [-0.25, -0.2) is 0 Å². The van der Waals surface area contributed by atoms with Crippen LogP contribution < -0.4 is 5.73 Å². The summed E-state index contributed by atoms with van der Waals surface area (Å²) in [4.78, 5) is 23.5. The Hall–Kier alpha value is -1.48. The van der Waals surface area contributed by atoms with E-state index in [-0.39, 0.29) is 17.5 Å². The van der Waals surface area contributed by atoms with E-state index in [0.717, 1.165) is 16.7 Å². The summed E-state index contributed by atoms with van der Waals surface area (Å²) in [5.41, 5.74) is 10.2. The molecule has 1 saturated carbocycles. The fourth-order valence-corrected chi connectivity index (χ4v) is 3.03. The van der Waals surface area contributed by atoms with Crippen LogP contribution in [0, 0.1) is 20.8 Å². The third-order valence-corrected chi connectivity index (χ3v) is 3.74. The van der Waals surface area contributed by atoms with E-state index < -0.39 is 6.04 Å². The molecule has 3 nitrogen and oxygen atoms in total. The average Bonchev–Trinajstić information content (AvgIpc) is 2.24. The summed E-state index contributed by atoms with van der Waals surface area (Å²) in [7, 11) is 0. The van der Waals surface area contributed by atoms with Crippen molar-refractivity contribution in [3.63, 3.8) is 0 Å². The molecule has 0 radical (unpaired) electrons. The number of ketones is 2. The van der Waals surface area contributed by atoms with Crippen LogP contribution in [-0.2, 0) is 9.59 Å². The molecule has 1 aliphatic carbocycles. The van der Waals surface area contributed by atoms with Crippen molar-refractivity contribution in [1.82, 2.24) is 0 Å². The van der Waals surface area contributed by atoms with Gasteiger partial charge in [-0.1, -0.05) is 17.7 Å². The van der Waals surface area contributed by atoms with E-state index in [0.29, 0.717) is 12.8 Å². The molecule has 0 aliphatic heterocycles. The van der Waals surface area contributed by atoms with E-state index in [2.05, 4.69) is 19.1 Å². The minimum absolute atomic E-state index is 0.00500. The number of hydrogen-bond acceptors (Lipinski definition) is 3. The Kier molecular flexibility index (Phi) is 3.35. The van der Waals surface area contributed by atoms with E-state index in [4.69, 9.17) is 5.73 Å². The maximum Gasteiger partial charge on any atom is 0.157 e. The topological polar surface area (TPSA) is 60.2 Å². The molecule has 1 aromatic carbocycles. The van der Waals surface area contributed by atoms with E-state index in [9.17, 15) is 9.59 Å². The van der Waals surface area contributed by atoms with E-state index in [1.165, 1.54) is 5.56 Å². The lowest BCUT2D eigenvalue weighted by Gasteiger charge is -2.27. The fourth-order valence-electron chi connectivity index (χ4n) is 3.03. The van der Waals surface area contributed by atoms with Crippen molar-refractivity contribution in [3.05, 3.63) is 34.4 Å². The molecule has 0 aromatic heterocycles. The molecule has 1 aliphatic rings. The maximum atomic E-state index is 11.7. The fraction of sp³-hybridized carbons (Fsp3) is 0.467. The highest BCUT2D eigenvalue weighted by atomic mass is 16.2. The van der Waals surface area contributed by atoms with Gasteiger partial charge in [-0.15, -0.1) is 0 Å². The Morgan fingerprint density at radius 2 is 1.44 bits per heavy atom. The largest absolute Gasteiger partial charge is 0.315 e. The molecule has 0 heterocycles. The summed E-state index contributed by atoms with van der Waals surface area (Å²) in [6, 6.07) is 3.31. The van der Waals surface area contributed by atoms with Gasteiger partial charge in [0.1, 0.15) is 6.04 Å². The minimum Gasteiger partial charge on any atom is -0.315 e. The quantitative estimate of drug-likeness (QED) is 0.769. The Labute approximate surface area is 107 Å². The summed E-state index contributed by atoms with van der Waals surface area (Å²) in [6.45, 7) is 6.13. The number of Topliss-reactive ketones (excluding diaryl/α,β-unsaturated/α-hetero) is 2. The van der Waals surface area contributed by atoms with Crippen LogP contribution >= 0.6 is 0 Å². The summed E-state index contributed by atoms with van der Waals surface area (Å²) >= 11 is 0. The lowest BCUT2D eigenvalue weighted by atomic mass is 9.77. The Balaban J connectivity index is 2.39. The van der Waals surface area contributed by atoms with Gasteiger partial charge in [0.15, 0.2) is 11.6 Å². The summed E-state index contributed by atoms with van der Waals surface area (Å²) in [5.74, 6) is -0.253. The van der Waals surface area contributed by atoms with Crippen LogP contribution in [0.25, 0.3) is 0 Å². The Morgan fingerprint density at radius 3 is 1.89 bits per heavy atom. The smallest absolute Gasteiger partial charge is 0.157 e. The standard InChI is InChI=1S/C15H19NO2/c1-8-4-9(2)14(10(3)5-8)11-6-12(17)15(16)13(18)7-11/h4-5,11,15H,6-7,16H2,1-3H3. The van der Waals surface area contributed by atoms with Crippen LogP contribution in [0.2, 0.25) is 0 Å². The lowest BCUT2D eigenvalue weighted by Crippen LogP contribution is -2.44. The number of rotatable bonds is 1. The van der Waals surface area contributed by atoms with Gasteiger partial charge in [-0.05, 0) is 43.4 Å². The highest BCUT2D eigenvalue weighted by Crippen LogP contribution is 2.33. The van der Waals surface area contributed by atoms with Crippen molar-refractivity contribution in [2.24, 2.45) is 5.73 Å². The Morgan fingerprint density at radius 1 is 1.00 bits per heavy atom. The molecule has 0 bridgehead atoms. The zero-order chi connectivity index (χ0) is 13.4. The van der Waals surface area contributed by atoms with Crippen molar-refractivity contribution in [1.29, 1.82) is 0 Å². The number of benzene rings is 1. The number of carbonyl (C=O) groups excluding carboxylic acids is 2. The third-order valence-electron chi connectivity index (χ3n) is 3.74. The molecule has 96 valence electrons. The minimum atomic E-state index is -0.896. The summed E-state index contributed by atoms with van der Waals surface area (Å²) < 4.78 is 0. The van der Waals surface area contributed by atoms with Crippen LogP contribution in [0.3, 0.4) is 0 Å². The molecule has 0 saturated heterocycles. The molecule has 18 heavy (non-hydrogen) atoms. The van der Waals surface area contributed by atoms with E-state index >= 15 is 0 Å².